The van der Waals surface area contributed by atoms with Crippen molar-refractivity contribution >= 4 is 11.8 Å². The first-order valence-electron chi connectivity index (χ1n) is 5.76. The maximum atomic E-state index is 12.0. The third kappa shape index (κ3) is 2.66. The molecule has 19 heavy (non-hydrogen) atoms. The van der Waals surface area contributed by atoms with Gasteiger partial charge in [0, 0.05) is 13.2 Å². The second-order valence-electron chi connectivity index (χ2n) is 4.33. The summed E-state index contributed by atoms with van der Waals surface area (Å²) in [4.78, 5) is 23.2. The zero-order valence-electron chi connectivity index (χ0n) is 11.0. The van der Waals surface area contributed by atoms with Crippen LogP contribution in [0.3, 0.4) is 0 Å². The summed E-state index contributed by atoms with van der Waals surface area (Å²) in [6, 6.07) is 4.67. The molecule has 0 unspecified atom stereocenters. The van der Waals surface area contributed by atoms with Crippen LogP contribution in [0.2, 0.25) is 0 Å². The number of allylic oxidation sites excluding steroid dienone is 2. The lowest BCUT2D eigenvalue weighted by molar-refractivity contribution is -0.138. The first-order chi connectivity index (χ1) is 9.02. The summed E-state index contributed by atoms with van der Waals surface area (Å²) in [5.41, 5.74) is 1.28. The molecule has 0 saturated heterocycles. The molecular formula is C14H14O5. The standard InChI is InChI=1S/C14H14O5/c1-8(2)14-13(16)10-5-4-9(6-11(10)19-14)18-12(15)7-17-3/h4-6H,7H2,1-3H3. The zero-order valence-corrected chi connectivity index (χ0v) is 11.0. The van der Waals surface area contributed by atoms with E-state index < -0.39 is 5.97 Å². The number of hydrogen-bond donors (Lipinski definition) is 0. The Morgan fingerprint density at radius 1 is 1.32 bits per heavy atom. The van der Waals surface area contributed by atoms with Crippen LogP contribution in [0.4, 0.5) is 0 Å². The summed E-state index contributed by atoms with van der Waals surface area (Å²) < 4.78 is 15.2. The van der Waals surface area contributed by atoms with Crippen LogP contribution in [0.25, 0.3) is 0 Å². The van der Waals surface area contributed by atoms with Gasteiger partial charge in [0.15, 0.2) is 5.76 Å². The maximum Gasteiger partial charge on any atom is 0.337 e. The van der Waals surface area contributed by atoms with E-state index in [9.17, 15) is 9.59 Å². The summed E-state index contributed by atoms with van der Waals surface area (Å²) in [5, 5.41) is 0. The number of ether oxygens (including phenoxy) is 3. The van der Waals surface area contributed by atoms with Gasteiger partial charge in [-0.2, -0.15) is 0 Å². The number of ketones is 1. The van der Waals surface area contributed by atoms with Crippen molar-refractivity contribution in [3.05, 3.63) is 35.1 Å². The third-order valence-corrected chi connectivity index (χ3v) is 2.56. The second-order valence-corrected chi connectivity index (χ2v) is 4.33. The van der Waals surface area contributed by atoms with E-state index in [2.05, 4.69) is 4.74 Å². The minimum absolute atomic E-state index is 0.129. The predicted molar refractivity (Wildman–Crippen MR) is 67.3 cm³/mol. The first kappa shape index (κ1) is 13.3. The molecule has 1 aliphatic heterocycles. The van der Waals surface area contributed by atoms with Gasteiger partial charge >= 0.3 is 5.97 Å². The van der Waals surface area contributed by atoms with E-state index in [1.807, 2.05) is 0 Å². The number of carbonyl (C=O) groups excluding carboxylic acids is 2. The van der Waals surface area contributed by atoms with Crippen molar-refractivity contribution in [1.29, 1.82) is 0 Å². The number of benzene rings is 1. The highest BCUT2D eigenvalue weighted by atomic mass is 16.6. The quantitative estimate of drug-likeness (QED) is 0.474. The predicted octanol–water partition coefficient (Wildman–Crippen LogP) is 2.11. The SMILES string of the molecule is COCC(=O)Oc1ccc2c(c1)OC(=C(C)C)C2=O. The lowest BCUT2D eigenvalue weighted by atomic mass is 10.1. The average Bonchev–Trinajstić information content (AvgIpc) is 2.67. The molecule has 100 valence electrons. The monoisotopic (exact) mass is 262 g/mol. The molecule has 0 spiro atoms. The molecule has 0 saturated carbocycles. The highest BCUT2D eigenvalue weighted by Gasteiger charge is 2.28. The van der Waals surface area contributed by atoms with E-state index in [4.69, 9.17) is 9.47 Å². The summed E-state index contributed by atoms with van der Waals surface area (Å²) in [6.45, 7) is 3.48. The molecule has 0 bridgehead atoms. The average molecular weight is 262 g/mol. The molecule has 0 N–H and O–H groups in total. The van der Waals surface area contributed by atoms with Crippen molar-refractivity contribution in [3.63, 3.8) is 0 Å². The molecule has 2 rings (SSSR count). The summed E-state index contributed by atoms with van der Waals surface area (Å²) >= 11 is 0. The summed E-state index contributed by atoms with van der Waals surface area (Å²) in [5.74, 6) is 0.405. The molecule has 0 aliphatic carbocycles. The number of rotatable bonds is 3. The van der Waals surface area contributed by atoms with Gasteiger partial charge < -0.3 is 14.2 Å². The first-order valence-corrected chi connectivity index (χ1v) is 5.76. The highest BCUT2D eigenvalue weighted by Crippen LogP contribution is 2.35. The van der Waals surface area contributed by atoms with Crippen LogP contribution in [-0.2, 0) is 9.53 Å². The van der Waals surface area contributed by atoms with E-state index in [0.717, 1.165) is 5.57 Å². The molecule has 5 nitrogen and oxygen atoms in total. The van der Waals surface area contributed by atoms with Gasteiger partial charge in [-0.15, -0.1) is 0 Å². The molecule has 1 aromatic rings. The minimum Gasteiger partial charge on any atom is -0.452 e. The van der Waals surface area contributed by atoms with Crippen LogP contribution in [0.1, 0.15) is 24.2 Å². The number of Topliss-reactive ketones (excluding diaryl/α,β-unsaturated/α-hetero) is 1. The van der Waals surface area contributed by atoms with E-state index in [1.54, 1.807) is 26.0 Å². The molecular weight excluding hydrogens is 248 g/mol. The van der Waals surface area contributed by atoms with Gasteiger partial charge in [-0.05, 0) is 31.6 Å². The molecule has 0 radical (unpaired) electrons. The largest absolute Gasteiger partial charge is 0.452 e. The Morgan fingerprint density at radius 2 is 2.05 bits per heavy atom. The lowest BCUT2D eigenvalue weighted by Crippen LogP contribution is -2.14. The van der Waals surface area contributed by atoms with Gasteiger partial charge in [-0.1, -0.05) is 0 Å². The van der Waals surface area contributed by atoms with E-state index in [1.165, 1.54) is 13.2 Å². The number of methoxy groups -OCH3 is 1. The Hall–Kier alpha value is -2.14. The number of fused-ring (bicyclic) bond motifs is 1. The van der Waals surface area contributed by atoms with Crippen LogP contribution < -0.4 is 9.47 Å². The van der Waals surface area contributed by atoms with Gasteiger partial charge in [0.1, 0.15) is 18.1 Å². The molecule has 0 fully saturated rings. The fraction of sp³-hybridized carbons (Fsp3) is 0.286. The summed E-state index contributed by atoms with van der Waals surface area (Å²) in [6.07, 6.45) is 0. The fourth-order valence-corrected chi connectivity index (χ4v) is 1.72. The topological polar surface area (TPSA) is 61.8 Å². The smallest absolute Gasteiger partial charge is 0.337 e. The Labute approximate surface area is 110 Å². The van der Waals surface area contributed by atoms with Crippen molar-refractivity contribution in [2.75, 3.05) is 13.7 Å². The third-order valence-electron chi connectivity index (χ3n) is 2.56. The van der Waals surface area contributed by atoms with E-state index in [-0.39, 0.29) is 12.4 Å². The molecule has 1 aromatic carbocycles. The van der Waals surface area contributed by atoms with Crippen LogP contribution in [0.5, 0.6) is 11.5 Å². The van der Waals surface area contributed by atoms with Crippen LogP contribution >= 0.6 is 0 Å². The highest BCUT2D eigenvalue weighted by molar-refractivity contribution is 6.12. The van der Waals surface area contributed by atoms with E-state index >= 15 is 0 Å². The lowest BCUT2D eigenvalue weighted by Gasteiger charge is -2.04. The van der Waals surface area contributed by atoms with Crippen LogP contribution in [0.15, 0.2) is 29.5 Å². The normalized spacial score (nSPS) is 13.0. The van der Waals surface area contributed by atoms with Crippen LogP contribution in [-0.4, -0.2) is 25.5 Å². The van der Waals surface area contributed by atoms with Gasteiger partial charge in [0.05, 0.1) is 5.56 Å². The Bertz CT molecular complexity index is 567. The van der Waals surface area contributed by atoms with Gasteiger partial charge in [-0.25, -0.2) is 4.79 Å². The van der Waals surface area contributed by atoms with E-state index in [0.29, 0.717) is 22.8 Å². The van der Waals surface area contributed by atoms with Gasteiger partial charge in [0.2, 0.25) is 5.78 Å². The van der Waals surface area contributed by atoms with Gasteiger partial charge in [0.25, 0.3) is 0 Å². The Balaban J connectivity index is 2.24. The molecule has 0 amide bonds. The molecule has 5 heteroatoms. The van der Waals surface area contributed by atoms with Crippen molar-refractivity contribution in [2.24, 2.45) is 0 Å². The Kier molecular flexibility index (Phi) is 3.66. The minimum atomic E-state index is -0.505. The van der Waals surface area contributed by atoms with Crippen molar-refractivity contribution < 1.29 is 23.8 Å². The number of hydrogen-bond acceptors (Lipinski definition) is 5. The van der Waals surface area contributed by atoms with Gasteiger partial charge in [-0.3, -0.25) is 4.79 Å². The maximum absolute atomic E-state index is 12.0. The fourth-order valence-electron chi connectivity index (χ4n) is 1.72. The number of esters is 1. The van der Waals surface area contributed by atoms with Crippen molar-refractivity contribution in [2.45, 2.75) is 13.8 Å². The van der Waals surface area contributed by atoms with Crippen molar-refractivity contribution in [1.82, 2.24) is 0 Å². The molecule has 1 heterocycles. The summed E-state index contributed by atoms with van der Waals surface area (Å²) in [7, 11) is 1.41. The Morgan fingerprint density at radius 3 is 2.68 bits per heavy atom. The van der Waals surface area contributed by atoms with Crippen LogP contribution in [0, 0.1) is 0 Å². The number of carbonyl (C=O) groups is 2. The second kappa shape index (κ2) is 5.24. The van der Waals surface area contributed by atoms with Crippen molar-refractivity contribution in [3.8, 4) is 11.5 Å². The zero-order chi connectivity index (χ0) is 14.0. The molecule has 1 aliphatic rings. The molecule has 0 atom stereocenters. The molecule has 0 aromatic heterocycles.